The number of imidazole rings is 1. The van der Waals surface area contributed by atoms with E-state index in [1.807, 2.05) is 48.5 Å². The average Bonchev–Trinajstić information content (AvgIpc) is 2.96. The van der Waals surface area contributed by atoms with Crippen molar-refractivity contribution in [3.8, 4) is 0 Å². The summed E-state index contributed by atoms with van der Waals surface area (Å²) in [5, 5.41) is 10.1. The minimum atomic E-state index is -0.661. The Morgan fingerprint density at radius 1 is 1.17 bits per heavy atom. The zero-order valence-corrected chi connectivity index (χ0v) is 14.7. The van der Waals surface area contributed by atoms with Crippen molar-refractivity contribution in [1.82, 2.24) is 15.4 Å². The van der Waals surface area contributed by atoms with Gasteiger partial charge in [-0.25, -0.2) is 4.98 Å². The summed E-state index contributed by atoms with van der Waals surface area (Å²) in [4.78, 5) is 18.7. The second-order valence-electron chi connectivity index (χ2n) is 4.92. The van der Waals surface area contributed by atoms with E-state index in [2.05, 4.69) is 9.97 Å². The molecule has 2 N–H and O–H groups in total. The Kier molecular flexibility index (Phi) is 6.12. The topological polar surface area (TPSA) is 80.8 Å². The van der Waals surface area contributed by atoms with Crippen LogP contribution in [0, 0.1) is 5.21 Å². The molecule has 0 atom stereocenters. The summed E-state index contributed by atoms with van der Waals surface area (Å²) in [6, 6.07) is 15.7. The number of hydrogen-bond acceptors (Lipinski definition) is 3. The number of benzene rings is 2. The molecule has 6 heteroatoms. The largest absolute Gasteiger partial charge is 1.00 e. The molecule has 0 spiro atoms. The van der Waals surface area contributed by atoms with Crippen molar-refractivity contribution in [2.75, 3.05) is 0 Å². The molecule has 0 radical (unpaired) electrons. The van der Waals surface area contributed by atoms with E-state index in [1.54, 1.807) is 6.08 Å². The summed E-state index contributed by atoms with van der Waals surface area (Å²) < 4.78 is 0. The van der Waals surface area contributed by atoms with Crippen LogP contribution in [0.3, 0.4) is 0 Å². The van der Waals surface area contributed by atoms with Gasteiger partial charge in [0, 0.05) is 12.5 Å². The van der Waals surface area contributed by atoms with Crippen LogP contribution in [0.1, 0.15) is 17.0 Å². The van der Waals surface area contributed by atoms with E-state index in [-0.39, 0.29) is 29.6 Å². The van der Waals surface area contributed by atoms with E-state index in [1.165, 1.54) is 11.6 Å². The molecular weight excluding hydrogens is 301 g/mol. The van der Waals surface area contributed by atoms with Crippen LogP contribution in [0.25, 0.3) is 17.1 Å². The van der Waals surface area contributed by atoms with Crippen molar-refractivity contribution < 1.29 is 34.4 Å². The molecule has 3 aromatic rings. The van der Waals surface area contributed by atoms with Crippen molar-refractivity contribution in [2.45, 2.75) is 6.42 Å². The van der Waals surface area contributed by atoms with Gasteiger partial charge < -0.3 is 15.7 Å². The predicted molar refractivity (Wildman–Crippen MR) is 85.9 cm³/mol. The molecule has 1 heterocycles. The van der Waals surface area contributed by atoms with E-state index < -0.39 is 5.91 Å². The van der Waals surface area contributed by atoms with Crippen LogP contribution < -0.4 is 35.0 Å². The number of carbonyl (C=O) groups is 1. The molecule has 1 aromatic heterocycles. The molecule has 0 saturated carbocycles. The van der Waals surface area contributed by atoms with Crippen LogP contribution in [0.5, 0.6) is 0 Å². The van der Waals surface area contributed by atoms with Gasteiger partial charge in [-0.1, -0.05) is 36.4 Å². The van der Waals surface area contributed by atoms with Crippen molar-refractivity contribution in [1.29, 1.82) is 0 Å². The molecule has 0 saturated heterocycles. The predicted octanol–water partition coefficient (Wildman–Crippen LogP) is -0.215. The molecule has 0 fully saturated rings. The molecule has 5 nitrogen and oxygen atoms in total. The number of nitrogens with one attached hydrogen (secondary N) is 2. The fraction of sp³-hybridized carbons (Fsp3) is 0.0588. The second-order valence-corrected chi connectivity index (χ2v) is 4.92. The first kappa shape index (κ1) is 17.4. The van der Waals surface area contributed by atoms with Crippen LogP contribution in [0.4, 0.5) is 0 Å². The Balaban J connectivity index is 0.00000192. The van der Waals surface area contributed by atoms with Crippen molar-refractivity contribution in [3.05, 3.63) is 76.8 Å². The Bertz CT molecular complexity index is 792. The summed E-state index contributed by atoms with van der Waals surface area (Å²) in [7, 11) is 0. The van der Waals surface area contributed by atoms with E-state index in [0.29, 0.717) is 6.42 Å². The Morgan fingerprint density at radius 3 is 2.61 bits per heavy atom. The molecule has 0 bridgehead atoms. The third-order valence-corrected chi connectivity index (χ3v) is 3.32. The first-order valence-corrected chi connectivity index (χ1v) is 6.87. The molecule has 0 aliphatic heterocycles. The number of H-pyrrole nitrogens is 1. The van der Waals surface area contributed by atoms with E-state index in [0.717, 1.165) is 28.0 Å². The second kappa shape index (κ2) is 8.08. The number of carbonyl (C=O) groups excluding carboxylic acids is 1. The van der Waals surface area contributed by atoms with Gasteiger partial charge in [-0.05, 0) is 29.3 Å². The number of amides is 1. The van der Waals surface area contributed by atoms with Crippen LogP contribution in [0.15, 0.2) is 54.6 Å². The first-order chi connectivity index (χ1) is 10.7. The van der Waals surface area contributed by atoms with Crippen LogP contribution >= 0.6 is 0 Å². The summed E-state index contributed by atoms with van der Waals surface area (Å²) in [5.41, 5.74) is 5.26. The van der Waals surface area contributed by atoms with Crippen LogP contribution in [-0.2, 0) is 11.2 Å². The van der Waals surface area contributed by atoms with Crippen molar-refractivity contribution in [2.24, 2.45) is 0 Å². The van der Waals surface area contributed by atoms with Gasteiger partial charge in [0.1, 0.15) is 5.82 Å². The third-order valence-electron chi connectivity index (χ3n) is 3.32. The average molecular weight is 315 g/mol. The number of aromatic nitrogens is 2. The molecule has 0 aliphatic rings. The summed E-state index contributed by atoms with van der Waals surface area (Å²) in [6.45, 7) is 0. The molecule has 0 aliphatic carbocycles. The van der Waals surface area contributed by atoms with Gasteiger partial charge in [0.15, 0.2) is 0 Å². The summed E-state index contributed by atoms with van der Waals surface area (Å²) >= 11 is 0. The number of hydrogen-bond donors (Lipinski definition) is 2. The minimum absolute atomic E-state index is 0. The molecule has 110 valence electrons. The number of nitrogens with zero attached hydrogens (tertiary/aromatic N) is 1. The molecule has 3 rings (SSSR count). The standard InChI is InChI=1S/C17H14N3O2.Na/c21-17(20-22)10-9-12-5-7-13(8-6-12)11-16-18-14-3-1-2-4-15(14)19-16;/h1-10H,11H2,(H2-,18,19,20,21,22);/q-1;+1/b10-9+;. The SMILES string of the molecule is O=C(/C=C/c1ccc(Cc2nc3ccccc3[nH]2)cc1)N[O-].[Na+]. The number of rotatable bonds is 4. The van der Waals surface area contributed by atoms with Crippen LogP contribution in [0.2, 0.25) is 0 Å². The van der Waals surface area contributed by atoms with Gasteiger partial charge in [0.05, 0.1) is 11.0 Å². The van der Waals surface area contributed by atoms with Crippen molar-refractivity contribution >= 4 is 23.0 Å². The van der Waals surface area contributed by atoms with Gasteiger partial charge in [-0.2, -0.15) is 0 Å². The Labute approximate surface area is 155 Å². The Hall–Kier alpha value is -1.92. The zero-order chi connectivity index (χ0) is 15.4. The maximum atomic E-state index is 10.9. The molecule has 23 heavy (non-hydrogen) atoms. The molecule has 0 unspecified atom stereocenters. The van der Waals surface area contributed by atoms with Crippen LogP contribution in [-0.4, -0.2) is 15.9 Å². The summed E-state index contributed by atoms with van der Waals surface area (Å²) in [6.07, 6.45) is 3.51. The van der Waals surface area contributed by atoms with Gasteiger partial charge in [-0.3, -0.25) is 4.79 Å². The molecule has 1 amide bonds. The van der Waals surface area contributed by atoms with Gasteiger partial charge in [0.25, 0.3) is 0 Å². The van der Waals surface area contributed by atoms with E-state index in [9.17, 15) is 10.0 Å². The number of hydroxylamine groups is 1. The number of aromatic amines is 1. The first-order valence-electron chi connectivity index (χ1n) is 6.87. The quantitative estimate of drug-likeness (QED) is 0.397. The molecular formula is C17H14N3NaO2. The minimum Gasteiger partial charge on any atom is -0.759 e. The Morgan fingerprint density at radius 2 is 1.91 bits per heavy atom. The molecule has 2 aromatic carbocycles. The maximum absolute atomic E-state index is 10.9. The number of fused-ring (bicyclic) bond motifs is 1. The normalized spacial score (nSPS) is 10.7. The maximum Gasteiger partial charge on any atom is 1.00 e. The van der Waals surface area contributed by atoms with E-state index in [4.69, 9.17) is 0 Å². The fourth-order valence-corrected chi connectivity index (χ4v) is 2.24. The third kappa shape index (κ3) is 4.53. The smallest absolute Gasteiger partial charge is 0.759 e. The number of para-hydroxylation sites is 2. The summed E-state index contributed by atoms with van der Waals surface area (Å²) in [5.74, 6) is 0.251. The van der Waals surface area contributed by atoms with Gasteiger partial charge in [-0.15, -0.1) is 0 Å². The van der Waals surface area contributed by atoms with E-state index >= 15 is 0 Å². The fourth-order valence-electron chi connectivity index (χ4n) is 2.24. The van der Waals surface area contributed by atoms with Gasteiger partial charge >= 0.3 is 29.6 Å². The van der Waals surface area contributed by atoms with Crippen molar-refractivity contribution in [3.63, 3.8) is 0 Å². The monoisotopic (exact) mass is 315 g/mol. The van der Waals surface area contributed by atoms with Gasteiger partial charge in [0.2, 0.25) is 5.91 Å². The zero-order valence-electron chi connectivity index (χ0n) is 12.7.